The molecule has 110 valence electrons. The molecule has 0 bridgehead atoms. The average Bonchev–Trinajstić information content (AvgIpc) is 2.80. The third-order valence-electron chi connectivity index (χ3n) is 3.76. The maximum Gasteiger partial charge on any atom is 0.292 e. The molecule has 0 aliphatic heterocycles. The summed E-state index contributed by atoms with van der Waals surface area (Å²) >= 11 is 7.72. The normalized spacial score (nSPS) is 17.3. The van der Waals surface area contributed by atoms with Crippen molar-refractivity contribution in [3.63, 3.8) is 0 Å². The van der Waals surface area contributed by atoms with Gasteiger partial charge in [-0.15, -0.1) is 11.3 Å². The molecule has 0 amide bonds. The van der Waals surface area contributed by atoms with Crippen LogP contribution in [0.15, 0.2) is 24.3 Å². The van der Waals surface area contributed by atoms with Crippen LogP contribution in [0.1, 0.15) is 34.9 Å². The largest absolute Gasteiger partial charge is 0.373 e. The van der Waals surface area contributed by atoms with E-state index < -0.39 is 0 Å². The van der Waals surface area contributed by atoms with Crippen molar-refractivity contribution in [2.75, 3.05) is 5.32 Å². The number of anilines is 1. The third kappa shape index (κ3) is 2.89. The van der Waals surface area contributed by atoms with E-state index in [0.29, 0.717) is 5.69 Å². The minimum absolute atomic E-state index is 0.0954. The Bertz CT molecular complexity index is 699. The first-order valence-electron chi connectivity index (χ1n) is 6.84. The molecule has 1 heterocycles. The second-order valence-corrected chi connectivity index (χ2v) is 7.06. The number of fused-ring (bicyclic) bond motifs is 1. The number of benzene rings is 1. The van der Waals surface area contributed by atoms with Gasteiger partial charge >= 0.3 is 0 Å². The number of hydrogen-bond acceptors (Lipinski definition) is 4. The molecule has 1 unspecified atom stereocenters. The minimum atomic E-state index is -0.341. The lowest BCUT2D eigenvalue weighted by molar-refractivity contribution is -0.384. The van der Waals surface area contributed by atoms with E-state index in [0.717, 1.165) is 29.2 Å². The van der Waals surface area contributed by atoms with Crippen molar-refractivity contribution in [1.82, 2.24) is 0 Å². The van der Waals surface area contributed by atoms with E-state index in [1.165, 1.54) is 10.4 Å². The Kier molecular flexibility index (Phi) is 3.87. The molecule has 0 saturated carbocycles. The molecule has 1 aromatic heterocycles. The lowest BCUT2D eigenvalue weighted by Crippen LogP contribution is -2.16. The number of aryl methyl sites for hydroxylation is 2. The Labute approximate surface area is 131 Å². The number of nitrogens with zero attached hydrogens (tertiary/aromatic N) is 1. The Morgan fingerprint density at radius 2 is 2.24 bits per heavy atom. The minimum Gasteiger partial charge on any atom is -0.373 e. The zero-order valence-corrected chi connectivity index (χ0v) is 13.1. The van der Waals surface area contributed by atoms with Gasteiger partial charge in [-0.05, 0) is 49.4 Å². The van der Waals surface area contributed by atoms with Crippen molar-refractivity contribution in [3.05, 3.63) is 54.7 Å². The fraction of sp³-hybridized carbons (Fsp3) is 0.333. The van der Waals surface area contributed by atoms with E-state index in [2.05, 4.69) is 5.32 Å². The highest BCUT2D eigenvalue weighted by molar-refractivity contribution is 7.16. The highest BCUT2D eigenvalue weighted by Crippen LogP contribution is 2.40. The van der Waals surface area contributed by atoms with Crippen LogP contribution in [-0.2, 0) is 6.42 Å². The van der Waals surface area contributed by atoms with Gasteiger partial charge < -0.3 is 5.32 Å². The number of halogens is 1. The smallest absolute Gasteiger partial charge is 0.292 e. The third-order valence-corrected chi connectivity index (χ3v) is 5.10. The van der Waals surface area contributed by atoms with E-state index in [1.807, 2.05) is 19.1 Å². The molecule has 0 fully saturated rings. The molecule has 0 saturated heterocycles. The predicted molar refractivity (Wildman–Crippen MR) is 86.5 cm³/mol. The maximum absolute atomic E-state index is 11.2. The summed E-state index contributed by atoms with van der Waals surface area (Å²) in [5.41, 5.74) is 2.89. The van der Waals surface area contributed by atoms with Crippen LogP contribution in [0.2, 0.25) is 4.34 Å². The van der Waals surface area contributed by atoms with Gasteiger partial charge in [0.25, 0.3) is 5.69 Å². The highest BCUT2D eigenvalue weighted by atomic mass is 35.5. The number of hydrogen-bond donors (Lipinski definition) is 1. The quantitative estimate of drug-likeness (QED) is 0.631. The summed E-state index contributed by atoms with van der Waals surface area (Å²) in [7, 11) is 0. The molecule has 2 aromatic rings. The summed E-state index contributed by atoms with van der Waals surface area (Å²) in [6.45, 7) is 1.93. The molecule has 6 heteroatoms. The molecule has 1 aromatic carbocycles. The van der Waals surface area contributed by atoms with E-state index >= 15 is 0 Å². The van der Waals surface area contributed by atoms with Gasteiger partial charge in [0.1, 0.15) is 5.69 Å². The van der Waals surface area contributed by atoms with Crippen LogP contribution >= 0.6 is 22.9 Å². The zero-order chi connectivity index (χ0) is 15.0. The van der Waals surface area contributed by atoms with Gasteiger partial charge in [-0.25, -0.2) is 0 Å². The SMILES string of the molecule is Cc1ccc([N+](=O)[O-])c(NC2CCCc3sc(Cl)cc32)c1. The van der Waals surface area contributed by atoms with Gasteiger partial charge in [-0.1, -0.05) is 17.7 Å². The molecular formula is C15H15ClN2O2S. The van der Waals surface area contributed by atoms with Crippen molar-refractivity contribution in [2.45, 2.75) is 32.2 Å². The fourth-order valence-corrected chi connectivity index (χ4v) is 4.17. The van der Waals surface area contributed by atoms with Crippen LogP contribution < -0.4 is 5.32 Å². The number of rotatable bonds is 3. The molecule has 1 aliphatic rings. The predicted octanol–water partition coefficient (Wildman–Crippen LogP) is 5.11. The average molecular weight is 323 g/mol. The van der Waals surface area contributed by atoms with E-state index in [-0.39, 0.29) is 16.7 Å². The van der Waals surface area contributed by atoms with Gasteiger partial charge in [0, 0.05) is 10.9 Å². The van der Waals surface area contributed by atoms with Crippen molar-refractivity contribution < 1.29 is 4.92 Å². The number of nitrogens with one attached hydrogen (secondary N) is 1. The summed E-state index contributed by atoms with van der Waals surface area (Å²) in [4.78, 5) is 12.1. The van der Waals surface area contributed by atoms with Crippen LogP contribution in [0.3, 0.4) is 0 Å². The first kappa shape index (κ1) is 14.4. The highest BCUT2D eigenvalue weighted by Gasteiger charge is 2.25. The molecule has 1 aliphatic carbocycles. The summed E-state index contributed by atoms with van der Waals surface area (Å²) in [6.07, 6.45) is 3.08. The van der Waals surface area contributed by atoms with Gasteiger partial charge in [-0.3, -0.25) is 10.1 Å². The van der Waals surface area contributed by atoms with Crippen molar-refractivity contribution >= 4 is 34.3 Å². The molecule has 1 atom stereocenters. The Hall–Kier alpha value is -1.59. The molecule has 4 nitrogen and oxygen atoms in total. The van der Waals surface area contributed by atoms with Crippen molar-refractivity contribution in [1.29, 1.82) is 0 Å². The lowest BCUT2D eigenvalue weighted by Gasteiger charge is -2.24. The van der Waals surface area contributed by atoms with E-state index in [9.17, 15) is 10.1 Å². The standard InChI is InChI=1S/C15H15ClN2O2S/c1-9-5-6-13(18(19)20)12(7-9)17-11-3-2-4-14-10(11)8-15(16)21-14/h5-8,11,17H,2-4H2,1H3. The maximum atomic E-state index is 11.2. The molecule has 3 rings (SSSR count). The number of thiophene rings is 1. The van der Waals surface area contributed by atoms with Crippen molar-refractivity contribution in [2.24, 2.45) is 0 Å². The first-order valence-corrected chi connectivity index (χ1v) is 8.03. The zero-order valence-electron chi connectivity index (χ0n) is 11.6. The second kappa shape index (κ2) is 5.66. The summed E-state index contributed by atoms with van der Waals surface area (Å²) in [5.74, 6) is 0. The Balaban J connectivity index is 1.94. The van der Waals surface area contributed by atoms with Gasteiger partial charge in [0.05, 0.1) is 15.3 Å². The molecule has 0 radical (unpaired) electrons. The van der Waals surface area contributed by atoms with Crippen LogP contribution in [0.4, 0.5) is 11.4 Å². The fourth-order valence-electron chi connectivity index (χ4n) is 2.78. The van der Waals surface area contributed by atoms with Gasteiger partial charge in [-0.2, -0.15) is 0 Å². The van der Waals surface area contributed by atoms with E-state index in [4.69, 9.17) is 11.6 Å². The summed E-state index contributed by atoms with van der Waals surface area (Å²) < 4.78 is 0.785. The topological polar surface area (TPSA) is 55.2 Å². The monoisotopic (exact) mass is 322 g/mol. The van der Waals surface area contributed by atoms with Crippen LogP contribution in [-0.4, -0.2) is 4.92 Å². The lowest BCUT2D eigenvalue weighted by atomic mass is 9.93. The molecule has 21 heavy (non-hydrogen) atoms. The number of nitro groups is 1. The summed E-state index contributed by atoms with van der Waals surface area (Å²) in [6, 6.07) is 7.23. The molecule has 0 spiro atoms. The Morgan fingerprint density at radius 1 is 1.43 bits per heavy atom. The van der Waals surface area contributed by atoms with Crippen LogP contribution in [0.5, 0.6) is 0 Å². The Morgan fingerprint density at radius 3 is 3.00 bits per heavy atom. The molecule has 1 N–H and O–H groups in total. The van der Waals surface area contributed by atoms with Gasteiger partial charge in [0.15, 0.2) is 0 Å². The number of nitro benzene ring substituents is 1. The van der Waals surface area contributed by atoms with Crippen molar-refractivity contribution in [3.8, 4) is 0 Å². The van der Waals surface area contributed by atoms with Crippen LogP contribution in [0, 0.1) is 17.0 Å². The van der Waals surface area contributed by atoms with E-state index in [1.54, 1.807) is 23.5 Å². The molecular weight excluding hydrogens is 308 g/mol. The van der Waals surface area contributed by atoms with Gasteiger partial charge in [0.2, 0.25) is 0 Å². The second-order valence-electron chi connectivity index (χ2n) is 5.30. The van der Waals surface area contributed by atoms with Crippen LogP contribution in [0.25, 0.3) is 0 Å². The first-order chi connectivity index (χ1) is 10.0. The summed E-state index contributed by atoms with van der Waals surface area (Å²) in [5, 5.41) is 14.5.